The molecule has 1 aliphatic heterocycles. The van der Waals surface area contributed by atoms with Crippen LogP contribution in [0.5, 0.6) is 0 Å². The minimum absolute atomic E-state index is 0.0134. The number of esters is 1. The number of amides is 3. The molecule has 1 aromatic carbocycles. The number of carbonyl (C=O) groups is 4. The van der Waals surface area contributed by atoms with E-state index in [4.69, 9.17) is 4.74 Å². The predicted molar refractivity (Wildman–Crippen MR) is 102 cm³/mol. The van der Waals surface area contributed by atoms with Crippen LogP contribution in [0.4, 0.5) is 10.8 Å². The van der Waals surface area contributed by atoms with Gasteiger partial charge < -0.3 is 20.7 Å². The Morgan fingerprint density at radius 3 is 2.86 bits per heavy atom. The van der Waals surface area contributed by atoms with Crippen LogP contribution < -0.4 is 16.0 Å². The first-order valence-corrected chi connectivity index (χ1v) is 9.45. The third-order valence-electron chi connectivity index (χ3n) is 3.87. The number of nitrogens with one attached hydrogen (secondary N) is 3. The quantitative estimate of drug-likeness (QED) is 0.626. The summed E-state index contributed by atoms with van der Waals surface area (Å²) in [6.45, 7) is 2.00. The first-order chi connectivity index (χ1) is 13.5. The average molecular weight is 402 g/mol. The molecule has 2 aromatic rings. The lowest BCUT2D eigenvalue weighted by atomic mass is 10.1. The van der Waals surface area contributed by atoms with Crippen LogP contribution >= 0.6 is 11.3 Å². The number of thiazole rings is 1. The number of fused-ring (bicyclic) bond motifs is 1. The molecule has 0 bridgehead atoms. The van der Waals surface area contributed by atoms with Gasteiger partial charge in [-0.3, -0.25) is 19.2 Å². The Hall–Kier alpha value is -3.27. The van der Waals surface area contributed by atoms with Gasteiger partial charge in [-0.05, 0) is 19.1 Å². The lowest BCUT2D eigenvalue weighted by Gasteiger charge is -2.13. The molecule has 3 rings (SSSR count). The number of para-hydroxylation sites is 1. The van der Waals surface area contributed by atoms with Gasteiger partial charge in [-0.2, -0.15) is 0 Å². The SMILES string of the molecule is CCOC(=O)Cc1csc(NC(=O)C[C@H]2NC(=O)c3ccccc3NC2=O)n1. The average Bonchev–Trinajstić information content (AvgIpc) is 3.03. The van der Waals surface area contributed by atoms with Crippen molar-refractivity contribution in [3.8, 4) is 0 Å². The lowest BCUT2D eigenvalue weighted by molar-refractivity contribution is -0.142. The number of nitrogens with zero attached hydrogens (tertiary/aromatic N) is 1. The molecule has 0 radical (unpaired) electrons. The number of ether oxygens (including phenoxy) is 1. The molecule has 9 nitrogen and oxygen atoms in total. The number of hydrogen-bond acceptors (Lipinski definition) is 7. The molecule has 0 saturated carbocycles. The number of rotatable bonds is 6. The zero-order valence-electron chi connectivity index (χ0n) is 15.0. The molecular weight excluding hydrogens is 384 g/mol. The van der Waals surface area contributed by atoms with Gasteiger partial charge in [0.2, 0.25) is 11.8 Å². The van der Waals surface area contributed by atoms with Crippen LogP contribution in [-0.4, -0.2) is 41.3 Å². The highest BCUT2D eigenvalue weighted by Crippen LogP contribution is 2.20. The van der Waals surface area contributed by atoms with Crippen LogP contribution in [0.1, 0.15) is 29.4 Å². The highest BCUT2D eigenvalue weighted by atomic mass is 32.1. The molecule has 1 aliphatic rings. The fraction of sp³-hybridized carbons (Fsp3) is 0.278. The summed E-state index contributed by atoms with van der Waals surface area (Å²) >= 11 is 1.16. The summed E-state index contributed by atoms with van der Waals surface area (Å²) in [5, 5.41) is 9.72. The highest BCUT2D eigenvalue weighted by molar-refractivity contribution is 7.13. The van der Waals surface area contributed by atoms with Crippen molar-refractivity contribution < 1.29 is 23.9 Å². The normalized spacial score (nSPS) is 15.7. The monoisotopic (exact) mass is 402 g/mol. The molecule has 10 heteroatoms. The second-order valence-electron chi connectivity index (χ2n) is 5.94. The fourth-order valence-corrected chi connectivity index (χ4v) is 3.34. The molecule has 0 saturated heterocycles. The molecule has 0 unspecified atom stereocenters. The van der Waals surface area contributed by atoms with E-state index in [9.17, 15) is 19.2 Å². The smallest absolute Gasteiger partial charge is 0.311 e. The number of anilines is 2. The number of aromatic nitrogens is 1. The van der Waals surface area contributed by atoms with Crippen LogP contribution in [0.25, 0.3) is 0 Å². The van der Waals surface area contributed by atoms with Crippen molar-refractivity contribution in [3.63, 3.8) is 0 Å². The number of benzene rings is 1. The van der Waals surface area contributed by atoms with E-state index in [1.807, 2.05) is 0 Å². The van der Waals surface area contributed by atoms with Crippen molar-refractivity contribution in [2.45, 2.75) is 25.8 Å². The topological polar surface area (TPSA) is 126 Å². The van der Waals surface area contributed by atoms with E-state index in [1.54, 1.807) is 36.6 Å². The van der Waals surface area contributed by atoms with Crippen molar-refractivity contribution in [3.05, 3.63) is 40.9 Å². The van der Waals surface area contributed by atoms with Gasteiger partial charge in [0, 0.05) is 5.38 Å². The summed E-state index contributed by atoms with van der Waals surface area (Å²) in [7, 11) is 0. The predicted octanol–water partition coefficient (Wildman–Crippen LogP) is 1.33. The van der Waals surface area contributed by atoms with Gasteiger partial charge in [0.1, 0.15) is 6.04 Å². The van der Waals surface area contributed by atoms with Gasteiger partial charge in [-0.1, -0.05) is 12.1 Å². The Kier molecular flexibility index (Phi) is 5.99. The zero-order valence-corrected chi connectivity index (χ0v) is 15.8. The van der Waals surface area contributed by atoms with E-state index < -0.39 is 29.7 Å². The first-order valence-electron chi connectivity index (χ1n) is 8.57. The van der Waals surface area contributed by atoms with E-state index in [2.05, 4.69) is 20.9 Å². The van der Waals surface area contributed by atoms with E-state index in [0.717, 1.165) is 11.3 Å². The van der Waals surface area contributed by atoms with Gasteiger partial charge in [0.15, 0.2) is 5.13 Å². The first kappa shape index (κ1) is 19.5. The maximum absolute atomic E-state index is 12.3. The largest absolute Gasteiger partial charge is 0.466 e. The molecule has 1 atom stereocenters. The van der Waals surface area contributed by atoms with Crippen LogP contribution in [0.3, 0.4) is 0 Å². The number of hydrogen-bond donors (Lipinski definition) is 3. The van der Waals surface area contributed by atoms with E-state index >= 15 is 0 Å². The van der Waals surface area contributed by atoms with Crippen molar-refractivity contribution in [2.24, 2.45) is 0 Å². The second kappa shape index (κ2) is 8.61. The summed E-state index contributed by atoms with van der Waals surface area (Å²) in [6.07, 6.45) is -0.238. The standard InChI is InChI=1S/C18H18N4O5S/c1-2-27-15(24)7-10-9-28-18(19-10)22-14(23)8-13-17(26)20-12-6-4-3-5-11(12)16(25)21-13/h3-6,9,13H,2,7-8H2,1H3,(H,20,26)(H,21,25)(H,19,22,23)/t13-/m1/s1. The fourth-order valence-electron chi connectivity index (χ4n) is 2.62. The molecule has 2 heterocycles. The van der Waals surface area contributed by atoms with Crippen molar-refractivity contribution in [1.82, 2.24) is 10.3 Å². The molecular formula is C18H18N4O5S. The molecule has 0 spiro atoms. The van der Waals surface area contributed by atoms with Crippen LogP contribution in [0.15, 0.2) is 29.6 Å². The summed E-state index contributed by atoms with van der Waals surface area (Å²) in [4.78, 5) is 52.5. The zero-order chi connectivity index (χ0) is 20.1. The minimum atomic E-state index is -1.01. The van der Waals surface area contributed by atoms with Crippen LogP contribution in [-0.2, 0) is 25.5 Å². The van der Waals surface area contributed by atoms with Gasteiger partial charge in [-0.25, -0.2) is 4.98 Å². The summed E-state index contributed by atoms with van der Waals surface area (Å²) in [6, 6.07) is 5.59. The Morgan fingerprint density at radius 2 is 2.07 bits per heavy atom. The summed E-state index contributed by atoms with van der Waals surface area (Å²) in [5.41, 5.74) is 1.22. The Morgan fingerprint density at radius 1 is 1.29 bits per heavy atom. The second-order valence-corrected chi connectivity index (χ2v) is 6.80. The van der Waals surface area contributed by atoms with Crippen LogP contribution in [0.2, 0.25) is 0 Å². The third kappa shape index (κ3) is 4.71. The van der Waals surface area contributed by atoms with Gasteiger partial charge in [0.05, 0.1) is 36.4 Å². The lowest BCUT2D eigenvalue weighted by Crippen LogP contribution is -2.43. The Bertz CT molecular complexity index is 926. The molecule has 28 heavy (non-hydrogen) atoms. The molecule has 3 amide bonds. The third-order valence-corrected chi connectivity index (χ3v) is 4.68. The molecule has 0 fully saturated rings. The number of carbonyl (C=O) groups excluding carboxylic acids is 4. The van der Waals surface area contributed by atoms with E-state index in [0.29, 0.717) is 22.1 Å². The highest BCUT2D eigenvalue weighted by Gasteiger charge is 2.29. The molecule has 3 N–H and O–H groups in total. The molecule has 1 aromatic heterocycles. The van der Waals surface area contributed by atoms with E-state index in [1.165, 1.54) is 0 Å². The maximum Gasteiger partial charge on any atom is 0.311 e. The Labute approximate surface area is 164 Å². The van der Waals surface area contributed by atoms with Gasteiger partial charge in [-0.15, -0.1) is 11.3 Å². The van der Waals surface area contributed by atoms with Crippen molar-refractivity contribution in [1.29, 1.82) is 0 Å². The van der Waals surface area contributed by atoms with Crippen molar-refractivity contribution in [2.75, 3.05) is 17.2 Å². The van der Waals surface area contributed by atoms with Crippen LogP contribution in [0, 0.1) is 0 Å². The summed E-state index contributed by atoms with van der Waals surface area (Å²) < 4.78 is 4.85. The van der Waals surface area contributed by atoms with Gasteiger partial charge in [0.25, 0.3) is 5.91 Å². The summed E-state index contributed by atoms with van der Waals surface area (Å²) in [5.74, 6) is -1.79. The van der Waals surface area contributed by atoms with Crippen molar-refractivity contribution >= 4 is 45.8 Å². The maximum atomic E-state index is 12.3. The van der Waals surface area contributed by atoms with E-state index in [-0.39, 0.29) is 19.4 Å². The van der Waals surface area contributed by atoms with Gasteiger partial charge >= 0.3 is 5.97 Å². The Balaban J connectivity index is 1.59. The molecule has 0 aliphatic carbocycles. The minimum Gasteiger partial charge on any atom is -0.466 e. The molecule has 146 valence electrons.